The van der Waals surface area contributed by atoms with Crippen molar-refractivity contribution in [2.45, 2.75) is 38.5 Å². The van der Waals surface area contributed by atoms with E-state index in [-0.39, 0.29) is 24.5 Å². The molecule has 150 valence electrons. The Morgan fingerprint density at radius 3 is 2.61 bits per heavy atom. The number of anilines is 1. The summed E-state index contributed by atoms with van der Waals surface area (Å²) >= 11 is 0. The lowest BCUT2D eigenvalue weighted by Crippen LogP contribution is -2.27. The summed E-state index contributed by atoms with van der Waals surface area (Å²) in [7, 11) is 1.76. The number of aryl methyl sites for hydroxylation is 1. The number of ether oxygens (including phenoxy) is 1. The van der Waals surface area contributed by atoms with Gasteiger partial charge < -0.3 is 10.1 Å². The van der Waals surface area contributed by atoms with Crippen molar-refractivity contribution in [1.82, 2.24) is 20.1 Å². The van der Waals surface area contributed by atoms with Gasteiger partial charge in [0.2, 0.25) is 11.9 Å². The van der Waals surface area contributed by atoms with Crippen LogP contribution in [0.4, 0.5) is 5.95 Å². The molecule has 0 radical (unpaired) electrons. The highest BCUT2D eigenvalue weighted by Crippen LogP contribution is 2.23. The molecule has 1 fully saturated rings. The molecule has 1 aliphatic rings. The summed E-state index contributed by atoms with van der Waals surface area (Å²) in [5, 5.41) is 10.5. The number of ketones is 1. The summed E-state index contributed by atoms with van der Waals surface area (Å²) in [6, 6.07) is 6.97. The Morgan fingerprint density at radius 2 is 1.93 bits per heavy atom. The van der Waals surface area contributed by atoms with E-state index in [0.29, 0.717) is 24.0 Å². The molecule has 0 spiro atoms. The lowest BCUT2D eigenvalue weighted by Gasteiger charge is -2.19. The second-order valence-electron chi connectivity index (χ2n) is 6.87. The maximum Gasteiger partial charge on any atom is 0.227 e. The van der Waals surface area contributed by atoms with Crippen LogP contribution in [0, 0.1) is 0 Å². The number of piperidine rings is 1. The van der Waals surface area contributed by atoms with Crippen LogP contribution in [0.25, 0.3) is 0 Å². The SMILES string of the molecule is CCOc1ccc(C(=O)CCC(=O)Nc2nc(C3CCNCC3)nn2C)cc1. The normalized spacial score (nSPS) is 14.6. The zero-order chi connectivity index (χ0) is 19.9. The molecular weight excluding hydrogens is 358 g/mol. The van der Waals surface area contributed by atoms with Crippen LogP contribution >= 0.6 is 0 Å². The van der Waals surface area contributed by atoms with E-state index in [4.69, 9.17) is 4.74 Å². The molecule has 0 bridgehead atoms. The van der Waals surface area contributed by atoms with Crippen molar-refractivity contribution in [2.24, 2.45) is 7.05 Å². The zero-order valence-electron chi connectivity index (χ0n) is 16.4. The third kappa shape index (κ3) is 5.16. The van der Waals surface area contributed by atoms with Gasteiger partial charge in [0.25, 0.3) is 0 Å². The lowest BCUT2D eigenvalue weighted by atomic mass is 9.98. The standard InChI is InChI=1S/C20H27N5O3/c1-3-28-16-6-4-14(5-7-16)17(26)8-9-18(27)22-20-23-19(24-25(20)2)15-10-12-21-13-11-15/h4-7,15,21H,3,8-13H2,1-2H3,(H,22,23,24,27). The largest absolute Gasteiger partial charge is 0.494 e. The molecule has 8 nitrogen and oxygen atoms in total. The van der Waals surface area contributed by atoms with Crippen LogP contribution in [0.15, 0.2) is 24.3 Å². The number of rotatable bonds is 8. The second kappa shape index (κ2) is 9.45. The minimum atomic E-state index is -0.244. The third-order valence-corrected chi connectivity index (χ3v) is 4.80. The highest BCUT2D eigenvalue weighted by Gasteiger charge is 2.21. The fraction of sp³-hybridized carbons (Fsp3) is 0.500. The summed E-state index contributed by atoms with van der Waals surface area (Å²) in [6.45, 7) is 4.40. The molecule has 2 heterocycles. The first kappa shape index (κ1) is 20.0. The van der Waals surface area contributed by atoms with Crippen LogP contribution in [0.3, 0.4) is 0 Å². The molecule has 0 unspecified atom stereocenters. The van der Waals surface area contributed by atoms with Gasteiger partial charge in [0.1, 0.15) is 5.75 Å². The van der Waals surface area contributed by atoms with Gasteiger partial charge in [0, 0.05) is 31.4 Å². The molecule has 2 aromatic rings. The zero-order valence-corrected chi connectivity index (χ0v) is 16.4. The molecule has 1 amide bonds. The van der Waals surface area contributed by atoms with Crippen LogP contribution < -0.4 is 15.4 Å². The van der Waals surface area contributed by atoms with E-state index in [2.05, 4.69) is 20.7 Å². The Balaban J connectivity index is 1.51. The Labute approximate surface area is 164 Å². The summed E-state index contributed by atoms with van der Waals surface area (Å²) in [5.41, 5.74) is 0.572. The number of benzene rings is 1. The molecular formula is C20H27N5O3. The van der Waals surface area contributed by atoms with Gasteiger partial charge in [-0.3, -0.25) is 14.9 Å². The summed E-state index contributed by atoms with van der Waals surface area (Å²) in [5.74, 6) is 1.91. The molecule has 8 heteroatoms. The highest BCUT2D eigenvalue weighted by molar-refractivity contribution is 5.99. The van der Waals surface area contributed by atoms with Gasteiger partial charge in [-0.2, -0.15) is 10.1 Å². The predicted molar refractivity (Wildman–Crippen MR) is 106 cm³/mol. The summed E-state index contributed by atoms with van der Waals surface area (Å²) in [6.07, 6.45) is 2.22. The Kier molecular flexibility index (Phi) is 6.76. The molecule has 0 saturated carbocycles. The summed E-state index contributed by atoms with van der Waals surface area (Å²) < 4.78 is 6.95. The Bertz CT molecular complexity index is 810. The van der Waals surface area contributed by atoms with E-state index >= 15 is 0 Å². The second-order valence-corrected chi connectivity index (χ2v) is 6.87. The third-order valence-electron chi connectivity index (χ3n) is 4.80. The fourth-order valence-corrected chi connectivity index (χ4v) is 3.23. The van der Waals surface area contributed by atoms with Gasteiger partial charge in [-0.15, -0.1) is 0 Å². The Morgan fingerprint density at radius 1 is 1.21 bits per heavy atom. The van der Waals surface area contributed by atoms with Gasteiger partial charge in [-0.25, -0.2) is 4.68 Å². The van der Waals surface area contributed by atoms with Crippen LogP contribution in [-0.4, -0.2) is 46.2 Å². The van der Waals surface area contributed by atoms with Crippen molar-refractivity contribution in [3.8, 4) is 5.75 Å². The van der Waals surface area contributed by atoms with E-state index in [0.717, 1.165) is 37.5 Å². The van der Waals surface area contributed by atoms with E-state index in [1.54, 1.807) is 36.0 Å². The molecule has 1 aliphatic heterocycles. The van der Waals surface area contributed by atoms with Crippen LogP contribution in [-0.2, 0) is 11.8 Å². The number of hydrogen-bond donors (Lipinski definition) is 2. The van der Waals surface area contributed by atoms with Gasteiger partial charge in [0.05, 0.1) is 6.61 Å². The van der Waals surface area contributed by atoms with Crippen LogP contribution in [0.5, 0.6) is 5.75 Å². The number of carbonyl (C=O) groups excluding carboxylic acids is 2. The minimum absolute atomic E-state index is 0.0773. The maximum atomic E-state index is 12.3. The van der Waals surface area contributed by atoms with Gasteiger partial charge in [-0.05, 0) is 57.1 Å². The number of aromatic nitrogens is 3. The van der Waals surface area contributed by atoms with E-state index in [9.17, 15) is 9.59 Å². The molecule has 1 aromatic carbocycles. The van der Waals surface area contributed by atoms with Gasteiger partial charge >= 0.3 is 0 Å². The van der Waals surface area contributed by atoms with Crippen molar-refractivity contribution in [1.29, 1.82) is 0 Å². The van der Waals surface area contributed by atoms with Crippen molar-refractivity contribution >= 4 is 17.6 Å². The topological polar surface area (TPSA) is 98.1 Å². The fourth-order valence-electron chi connectivity index (χ4n) is 3.23. The van der Waals surface area contributed by atoms with Crippen molar-refractivity contribution in [2.75, 3.05) is 25.0 Å². The first-order chi connectivity index (χ1) is 13.6. The van der Waals surface area contributed by atoms with E-state index in [1.165, 1.54) is 0 Å². The van der Waals surface area contributed by atoms with Crippen LogP contribution in [0.2, 0.25) is 0 Å². The molecule has 1 saturated heterocycles. The van der Waals surface area contributed by atoms with E-state index < -0.39 is 0 Å². The smallest absolute Gasteiger partial charge is 0.227 e. The maximum absolute atomic E-state index is 12.3. The number of hydrogen-bond acceptors (Lipinski definition) is 6. The molecule has 0 aliphatic carbocycles. The first-order valence-electron chi connectivity index (χ1n) is 9.74. The quantitative estimate of drug-likeness (QED) is 0.677. The van der Waals surface area contributed by atoms with Gasteiger partial charge in [0.15, 0.2) is 11.6 Å². The van der Waals surface area contributed by atoms with Gasteiger partial charge in [-0.1, -0.05) is 0 Å². The average Bonchev–Trinajstić information content (AvgIpc) is 3.08. The number of nitrogens with one attached hydrogen (secondary N) is 2. The number of Topliss-reactive ketones (excluding diaryl/α,β-unsaturated/α-hetero) is 1. The van der Waals surface area contributed by atoms with Crippen molar-refractivity contribution < 1.29 is 14.3 Å². The summed E-state index contributed by atoms with van der Waals surface area (Å²) in [4.78, 5) is 29.0. The van der Waals surface area contributed by atoms with Crippen molar-refractivity contribution in [3.63, 3.8) is 0 Å². The minimum Gasteiger partial charge on any atom is -0.494 e. The molecule has 2 N–H and O–H groups in total. The average molecular weight is 385 g/mol. The monoisotopic (exact) mass is 385 g/mol. The van der Waals surface area contributed by atoms with Crippen LogP contribution in [0.1, 0.15) is 54.7 Å². The number of amides is 1. The first-order valence-corrected chi connectivity index (χ1v) is 9.74. The highest BCUT2D eigenvalue weighted by atomic mass is 16.5. The molecule has 1 aromatic heterocycles. The van der Waals surface area contributed by atoms with Crippen molar-refractivity contribution in [3.05, 3.63) is 35.7 Å². The molecule has 3 rings (SSSR count). The Hall–Kier alpha value is -2.74. The number of carbonyl (C=O) groups is 2. The molecule has 0 atom stereocenters. The predicted octanol–water partition coefficient (Wildman–Crippen LogP) is 2.28. The lowest BCUT2D eigenvalue weighted by molar-refractivity contribution is -0.116. The van der Waals surface area contributed by atoms with E-state index in [1.807, 2.05) is 6.92 Å². The number of nitrogens with zero attached hydrogens (tertiary/aromatic N) is 3. The molecule has 28 heavy (non-hydrogen) atoms.